The third-order valence-electron chi connectivity index (χ3n) is 5.91. The van der Waals surface area contributed by atoms with E-state index < -0.39 is 0 Å². The van der Waals surface area contributed by atoms with Gasteiger partial charge in [0.15, 0.2) is 0 Å². The van der Waals surface area contributed by atoms with Crippen LogP contribution in [0.2, 0.25) is 5.02 Å². The van der Waals surface area contributed by atoms with E-state index in [2.05, 4.69) is 12.1 Å². The molecule has 0 aliphatic carbocycles. The molecule has 5 rings (SSSR count). The largest absolute Gasteiger partial charge is 0.334 e. The van der Waals surface area contributed by atoms with Crippen LogP contribution in [-0.2, 0) is 17.8 Å². The van der Waals surface area contributed by atoms with Crippen molar-refractivity contribution in [2.24, 2.45) is 0 Å². The van der Waals surface area contributed by atoms with Crippen LogP contribution in [0.15, 0.2) is 76.5 Å². The van der Waals surface area contributed by atoms with E-state index >= 15 is 0 Å². The zero-order chi connectivity index (χ0) is 22.2. The van der Waals surface area contributed by atoms with E-state index in [1.165, 1.54) is 22.9 Å². The lowest BCUT2D eigenvalue weighted by Crippen LogP contribution is -2.36. The second kappa shape index (κ2) is 8.49. The predicted molar refractivity (Wildman–Crippen MR) is 130 cm³/mol. The summed E-state index contributed by atoms with van der Waals surface area (Å²) in [5, 5.41) is 0.603. The molecular weight excluding hydrogens is 440 g/mol. The highest BCUT2D eigenvalue weighted by atomic mass is 35.5. The summed E-state index contributed by atoms with van der Waals surface area (Å²) in [6.45, 7) is 1.31. The van der Waals surface area contributed by atoms with Gasteiger partial charge in [0.2, 0.25) is 0 Å². The molecule has 0 bridgehead atoms. The summed E-state index contributed by atoms with van der Waals surface area (Å²) in [7, 11) is 1.74. The highest BCUT2D eigenvalue weighted by Gasteiger charge is 2.29. The Hall–Kier alpha value is -3.02. The molecule has 6 heteroatoms. The Morgan fingerprint density at radius 1 is 1.03 bits per heavy atom. The van der Waals surface area contributed by atoms with E-state index in [9.17, 15) is 9.59 Å². The van der Waals surface area contributed by atoms with Crippen molar-refractivity contribution >= 4 is 46.9 Å². The van der Waals surface area contributed by atoms with Gasteiger partial charge in [-0.15, -0.1) is 0 Å². The van der Waals surface area contributed by atoms with Crippen LogP contribution >= 0.6 is 23.4 Å². The monoisotopic (exact) mass is 460 g/mol. The SMILES string of the molecule is CN1C(=O)C(=Cc2ccccc2Cl)Sc2ccc(C(=O)N3CCc4ccccc4C3)cc21. The molecule has 0 spiro atoms. The number of nitrogens with zero attached hydrogens (tertiary/aromatic N) is 2. The molecule has 2 aliphatic heterocycles. The lowest BCUT2D eigenvalue weighted by molar-refractivity contribution is -0.114. The summed E-state index contributed by atoms with van der Waals surface area (Å²) in [6.07, 6.45) is 2.68. The number of fused-ring (bicyclic) bond motifs is 2. The molecule has 2 aliphatic rings. The van der Waals surface area contributed by atoms with Gasteiger partial charge >= 0.3 is 0 Å². The predicted octanol–water partition coefficient (Wildman–Crippen LogP) is 5.65. The first-order chi connectivity index (χ1) is 15.5. The first kappa shape index (κ1) is 20.9. The standard InChI is InChI=1S/C26H21ClN2O2S/c1-28-22-14-19(25(30)29-13-12-17-6-2-3-8-20(17)16-29)10-11-23(22)32-24(26(28)31)15-18-7-4-5-9-21(18)27/h2-11,14-15H,12-13,16H2,1H3. The van der Waals surface area contributed by atoms with E-state index in [-0.39, 0.29) is 11.8 Å². The molecule has 0 radical (unpaired) electrons. The van der Waals surface area contributed by atoms with Gasteiger partial charge in [-0.1, -0.05) is 65.8 Å². The van der Waals surface area contributed by atoms with E-state index in [4.69, 9.17) is 11.6 Å². The molecule has 0 unspecified atom stereocenters. The molecule has 160 valence electrons. The van der Waals surface area contributed by atoms with Crippen molar-refractivity contribution in [3.8, 4) is 0 Å². The van der Waals surface area contributed by atoms with Crippen molar-refractivity contribution in [2.45, 2.75) is 17.9 Å². The van der Waals surface area contributed by atoms with E-state index in [1.54, 1.807) is 18.0 Å². The molecular formula is C26H21ClN2O2S. The van der Waals surface area contributed by atoms with Gasteiger partial charge < -0.3 is 9.80 Å². The summed E-state index contributed by atoms with van der Waals surface area (Å²) in [4.78, 5) is 31.3. The number of carbonyl (C=O) groups excluding carboxylic acids is 2. The Bertz CT molecular complexity index is 1270. The fourth-order valence-corrected chi connectivity index (χ4v) is 5.39. The number of halogens is 1. The first-order valence-electron chi connectivity index (χ1n) is 10.4. The number of hydrogen-bond donors (Lipinski definition) is 0. The molecule has 2 heterocycles. The van der Waals surface area contributed by atoms with Crippen molar-refractivity contribution in [3.63, 3.8) is 0 Å². The van der Waals surface area contributed by atoms with Crippen LogP contribution in [0.3, 0.4) is 0 Å². The fraction of sp³-hybridized carbons (Fsp3) is 0.154. The highest BCUT2D eigenvalue weighted by Crippen LogP contribution is 2.42. The molecule has 32 heavy (non-hydrogen) atoms. The summed E-state index contributed by atoms with van der Waals surface area (Å²) in [5.74, 6) is -0.121. The van der Waals surface area contributed by atoms with Crippen LogP contribution in [0.4, 0.5) is 5.69 Å². The van der Waals surface area contributed by atoms with E-state index in [0.717, 1.165) is 22.6 Å². The summed E-state index contributed by atoms with van der Waals surface area (Å²) in [6, 6.07) is 21.3. The van der Waals surface area contributed by atoms with Gasteiger partial charge in [0.05, 0.1) is 10.6 Å². The maximum absolute atomic E-state index is 13.2. The zero-order valence-corrected chi connectivity index (χ0v) is 19.1. The number of likely N-dealkylation sites (N-methyl/N-ethyl adjacent to an activating group) is 1. The lowest BCUT2D eigenvalue weighted by Gasteiger charge is -2.30. The molecule has 0 saturated carbocycles. The van der Waals surface area contributed by atoms with Gasteiger partial charge in [-0.2, -0.15) is 0 Å². The molecule has 0 N–H and O–H groups in total. The van der Waals surface area contributed by atoms with Crippen molar-refractivity contribution in [1.82, 2.24) is 4.90 Å². The Morgan fingerprint density at radius 2 is 1.78 bits per heavy atom. The van der Waals surface area contributed by atoms with Crippen LogP contribution in [-0.4, -0.2) is 30.3 Å². The second-order valence-electron chi connectivity index (χ2n) is 7.92. The molecule has 0 atom stereocenters. The van der Waals surface area contributed by atoms with Crippen LogP contribution in [0.1, 0.15) is 27.0 Å². The lowest BCUT2D eigenvalue weighted by atomic mass is 9.99. The minimum Gasteiger partial charge on any atom is -0.334 e. The zero-order valence-electron chi connectivity index (χ0n) is 17.5. The number of rotatable bonds is 2. The molecule has 0 saturated heterocycles. The fourth-order valence-electron chi connectivity index (χ4n) is 4.11. The number of carbonyl (C=O) groups is 2. The minimum atomic E-state index is -0.112. The molecule has 4 nitrogen and oxygen atoms in total. The Labute approximate surface area is 196 Å². The number of hydrogen-bond acceptors (Lipinski definition) is 3. The van der Waals surface area contributed by atoms with Crippen LogP contribution < -0.4 is 4.90 Å². The number of benzene rings is 3. The maximum atomic E-state index is 13.2. The highest BCUT2D eigenvalue weighted by molar-refractivity contribution is 8.04. The van der Waals surface area contributed by atoms with Crippen LogP contribution in [0.5, 0.6) is 0 Å². The quantitative estimate of drug-likeness (QED) is 0.464. The van der Waals surface area contributed by atoms with Crippen molar-refractivity contribution in [1.29, 1.82) is 0 Å². The second-order valence-corrected chi connectivity index (χ2v) is 9.42. The Kier molecular flexibility index (Phi) is 5.53. The van der Waals surface area contributed by atoms with Crippen LogP contribution in [0, 0.1) is 0 Å². The van der Waals surface area contributed by atoms with Crippen molar-refractivity contribution in [3.05, 3.63) is 98.9 Å². The Balaban J connectivity index is 1.41. The van der Waals surface area contributed by atoms with Gasteiger partial charge in [-0.05, 0) is 53.5 Å². The van der Waals surface area contributed by atoms with Gasteiger partial charge in [0.25, 0.3) is 11.8 Å². The third kappa shape index (κ3) is 3.83. The topological polar surface area (TPSA) is 40.6 Å². The van der Waals surface area contributed by atoms with Gasteiger partial charge in [0, 0.05) is 35.6 Å². The number of anilines is 1. The van der Waals surface area contributed by atoms with Gasteiger partial charge in [-0.3, -0.25) is 9.59 Å². The minimum absolute atomic E-state index is 0.00874. The number of thioether (sulfide) groups is 1. The third-order valence-corrected chi connectivity index (χ3v) is 7.33. The normalized spacial score (nSPS) is 16.7. The van der Waals surface area contributed by atoms with E-state index in [0.29, 0.717) is 28.6 Å². The Morgan fingerprint density at radius 3 is 2.59 bits per heavy atom. The summed E-state index contributed by atoms with van der Waals surface area (Å²) < 4.78 is 0. The molecule has 2 amide bonds. The van der Waals surface area contributed by atoms with Crippen molar-refractivity contribution < 1.29 is 9.59 Å². The van der Waals surface area contributed by atoms with E-state index in [1.807, 2.05) is 59.5 Å². The summed E-state index contributed by atoms with van der Waals surface area (Å²) in [5.41, 5.74) is 4.66. The molecule has 0 aromatic heterocycles. The molecule has 3 aromatic rings. The van der Waals surface area contributed by atoms with Gasteiger partial charge in [-0.25, -0.2) is 0 Å². The smallest absolute Gasteiger partial charge is 0.264 e. The average molecular weight is 461 g/mol. The van der Waals surface area contributed by atoms with Crippen LogP contribution in [0.25, 0.3) is 6.08 Å². The molecule has 0 fully saturated rings. The number of amides is 2. The molecule has 3 aromatic carbocycles. The van der Waals surface area contributed by atoms with Crippen molar-refractivity contribution in [2.75, 3.05) is 18.5 Å². The maximum Gasteiger partial charge on any atom is 0.264 e. The summed E-state index contributed by atoms with van der Waals surface area (Å²) >= 11 is 7.67. The first-order valence-corrected chi connectivity index (χ1v) is 11.6. The average Bonchev–Trinajstić information content (AvgIpc) is 2.82. The van der Waals surface area contributed by atoms with Gasteiger partial charge in [0.1, 0.15) is 0 Å².